The number of rotatable bonds is 3. The molecule has 0 aliphatic heterocycles. The van der Waals surface area contributed by atoms with Gasteiger partial charge in [0, 0.05) is 6.42 Å². The first-order valence-corrected chi connectivity index (χ1v) is 4.52. The number of aryl methyl sites for hydroxylation is 1. The van der Waals surface area contributed by atoms with Gasteiger partial charge in [-0.15, -0.1) is 36.2 Å². The minimum absolute atomic E-state index is 0. The fourth-order valence-electron chi connectivity index (χ4n) is 0.928. The molecule has 0 spiro atoms. The van der Waals surface area contributed by atoms with Gasteiger partial charge in [0.15, 0.2) is 0 Å². The number of carbonyl (C=O) groups is 1. The molecule has 0 unspecified atom stereocenters. The molecule has 0 aromatic carbocycles. The van der Waals surface area contributed by atoms with Gasteiger partial charge in [-0.1, -0.05) is 0 Å². The summed E-state index contributed by atoms with van der Waals surface area (Å²) in [6, 6.07) is -0.927. The van der Waals surface area contributed by atoms with E-state index in [-0.39, 0.29) is 31.2 Å². The minimum atomic E-state index is -1.04. The highest BCUT2D eigenvalue weighted by molar-refractivity contribution is 7.15. The molecule has 1 aromatic rings. The number of halogens is 2. The minimum Gasteiger partial charge on any atom is -0.480 e. The second-order valence-electron chi connectivity index (χ2n) is 2.69. The van der Waals surface area contributed by atoms with Crippen molar-refractivity contribution < 1.29 is 9.90 Å². The van der Waals surface area contributed by atoms with E-state index in [9.17, 15) is 4.79 Å². The molecule has 0 amide bonds. The van der Waals surface area contributed by atoms with Crippen LogP contribution in [0.2, 0.25) is 0 Å². The molecule has 8 heteroatoms. The maximum Gasteiger partial charge on any atom is 0.320 e. The topological polar surface area (TPSA) is 102 Å². The van der Waals surface area contributed by atoms with E-state index >= 15 is 0 Å². The highest BCUT2D eigenvalue weighted by atomic mass is 35.5. The zero-order valence-corrected chi connectivity index (χ0v) is 10.4. The van der Waals surface area contributed by atoms with Gasteiger partial charge < -0.3 is 16.6 Å². The quantitative estimate of drug-likeness (QED) is 0.757. The predicted molar refractivity (Wildman–Crippen MR) is 65.1 cm³/mol. The normalized spacial score (nSPS) is 11.1. The number of nitrogen functional groups attached to an aromatic ring is 1. The SMILES string of the molecule is Cc1nc(C[C@@H](N)C(=O)O)c(N)s1.Cl.Cl. The van der Waals surface area contributed by atoms with Crippen LogP contribution in [0, 0.1) is 6.92 Å². The number of thiazole rings is 1. The second kappa shape index (κ2) is 6.84. The Bertz CT molecular complexity index is 332. The Morgan fingerprint density at radius 2 is 2.13 bits per heavy atom. The summed E-state index contributed by atoms with van der Waals surface area (Å²) in [6.45, 7) is 1.82. The van der Waals surface area contributed by atoms with Gasteiger partial charge in [-0.3, -0.25) is 4.79 Å². The van der Waals surface area contributed by atoms with Crippen LogP contribution < -0.4 is 11.5 Å². The van der Waals surface area contributed by atoms with Gasteiger partial charge in [-0.25, -0.2) is 4.98 Å². The van der Waals surface area contributed by atoms with Crippen LogP contribution in [-0.2, 0) is 11.2 Å². The van der Waals surface area contributed by atoms with Crippen molar-refractivity contribution >= 4 is 47.1 Å². The molecule has 15 heavy (non-hydrogen) atoms. The molecule has 1 rings (SSSR count). The molecule has 5 nitrogen and oxygen atoms in total. The third kappa shape index (κ3) is 4.65. The molecule has 0 radical (unpaired) electrons. The van der Waals surface area contributed by atoms with Gasteiger partial charge in [0.2, 0.25) is 0 Å². The first-order chi connectivity index (χ1) is 6.00. The van der Waals surface area contributed by atoms with Gasteiger partial charge in [0.1, 0.15) is 11.0 Å². The van der Waals surface area contributed by atoms with Gasteiger partial charge in [0.05, 0.1) is 10.7 Å². The van der Waals surface area contributed by atoms with Crippen molar-refractivity contribution in [3.8, 4) is 0 Å². The van der Waals surface area contributed by atoms with Crippen LogP contribution >= 0.6 is 36.2 Å². The van der Waals surface area contributed by atoms with Crippen LogP contribution in [-0.4, -0.2) is 22.1 Å². The second-order valence-corrected chi connectivity index (χ2v) is 3.93. The summed E-state index contributed by atoms with van der Waals surface area (Å²) in [6.07, 6.45) is 0.186. The van der Waals surface area contributed by atoms with Gasteiger partial charge >= 0.3 is 5.97 Å². The lowest BCUT2D eigenvalue weighted by molar-refractivity contribution is -0.138. The van der Waals surface area contributed by atoms with Crippen LogP contribution in [0.1, 0.15) is 10.7 Å². The average molecular weight is 274 g/mol. The van der Waals surface area contributed by atoms with E-state index in [1.165, 1.54) is 11.3 Å². The third-order valence-electron chi connectivity index (χ3n) is 1.56. The number of carboxylic acid groups (broad SMARTS) is 1. The van der Waals surface area contributed by atoms with Crippen molar-refractivity contribution in [2.75, 3.05) is 5.73 Å². The number of nitrogens with zero attached hydrogens (tertiary/aromatic N) is 1. The Hall–Kier alpha value is -0.560. The number of hydrogen-bond donors (Lipinski definition) is 3. The molecule has 0 saturated heterocycles. The Kier molecular flexibility index (Phi) is 7.68. The van der Waals surface area contributed by atoms with E-state index < -0.39 is 12.0 Å². The number of nitrogens with two attached hydrogens (primary N) is 2. The molecule has 0 aliphatic rings. The van der Waals surface area contributed by atoms with Crippen molar-refractivity contribution in [3.63, 3.8) is 0 Å². The molecule has 0 bridgehead atoms. The summed E-state index contributed by atoms with van der Waals surface area (Å²) in [5.41, 5.74) is 11.5. The smallest absolute Gasteiger partial charge is 0.320 e. The van der Waals surface area contributed by atoms with E-state index in [2.05, 4.69) is 4.98 Å². The number of hydrogen-bond acceptors (Lipinski definition) is 5. The molecular weight excluding hydrogens is 261 g/mol. The lowest BCUT2D eigenvalue weighted by Crippen LogP contribution is -2.32. The largest absolute Gasteiger partial charge is 0.480 e. The number of aromatic nitrogens is 1. The van der Waals surface area contributed by atoms with Gasteiger partial charge in [-0.2, -0.15) is 0 Å². The molecule has 1 aromatic heterocycles. The van der Waals surface area contributed by atoms with Crippen molar-refractivity contribution in [1.29, 1.82) is 0 Å². The molecule has 1 atom stereocenters. The van der Waals surface area contributed by atoms with Crippen LogP contribution in [0.3, 0.4) is 0 Å². The summed E-state index contributed by atoms with van der Waals surface area (Å²) >= 11 is 1.34. The summed E-state index contributed by atoms with van der Waals surface area (Å²) in [5, 5.41) is 9.93. The molecule has 1 heterocycles. The highest BCUT2D eigenvalue weighted by Crippen LogP contribution is 2.20. The summed E-state index contributed by atoms with van der Waals surface area (Å²) < 4.78 is 0. The third-order valence-corrected chi connectivity index (χ3v) is 2.41. The number of carboxylic acids is 1. The summed E-state index contributed by atoms with van der Waals surface area (Å²) in [7, 11) is 0. The van der Waals surface area contributed by atoms with Crippen molar-refractivity contribution in [2.45, 2.75) is 19.4 Å². The van der Waals surface area contributed by atoms with Crippen LogP contribution in [0.25, 0.3) is 0 Å². The van der Waals surface area contributed by atoms with E-state index in [1.54, 1.807) is 0 Å². The van der Waals surface area contributed by atoms with Crippen LogP contribution in [0.4, 0.5) is 5.00 Å². The van der Waals surface area contributed by atoms with Crippen LogP contribution in [0.5, 0.6) is 0 Å². The maximum absolute atomic E-state index is 10.4. The first-order valence-electron chi connectivity index (χ1n) is 3.71. The van der Waals surface area contributed by atoms with Crippen molar-refractivity contribution in [2.24, 2.45) is 5.73 Å². The van der Waals surface area contributed by atoms with Crippen molar-refractivity contribution in [1.82, 2.24) is 4.98 Å². The number of anilines is 1. The standard InChI is InChI=1S/C7H11N3O2S.2ClH/c1-3-10-5(6(9)13-3)2-4(8)7(11)12;;/h4H,2,8-9H2,1H3,(H,11,12);2*1H/t4-;;/m1../s1. The fourth-order valence-corrected chi connectivity index (χ4v) is 1.65. The molecule has 0 saturated carbocycles. The Balaban J connectivity index is 0. The zero-order chi connectivity index (χ0) is 10.0. The fraction of sp³-hybridized carbons (Fsp3) is 0.429. The first kappa shape index (κ1) is 16.9. The lowest BCUT2D eigenvalue weighted by atomic mass is 10.2. The Morgan fingerprint density at radius 1 is 1.60 bits per heavy atom. The Labute approximate surface area is 104 Å². The van der Waals surface area contributed by atoms with E-state index in [4.69, 9.17) is 16.6 Å². The monoisotopic (exact) mass is 273 g/mol. The summed E-state index contributed by atoms with van der Waals surface area (Å²) in [5.74, 6) is -1.04. The maximum atomic E-state index is 10.4. The molecule has 0 fully saturated rings. The summed E-state index contributed by atoms with van der Waals surface area (Å²) in [4.78, 5) is 14.5. The van der Waals surface area contributed by atoms with Gasteiger partial charge in [-0.05, 0) is 6.92 Å². The van der Waals surface area contributed by atoms with E-state index in [0.29, 0.717) is 10.7 Å². The zero-order valence-electron chi connectivity index (χ0n) is 7.97. The van der Waals surface area contributed by atoms with Crippen LogP contribution in [0.15, 0.2) is 0 Å². The molecule has 88 valence electrons. The highest BCUT2D eigenvalue weighted by Gasteiger charge is 2.16. The average Bonchev–Trinajstić information content (AvgIpc) is 2.30. The Morgan fingerprint density at radius 3 is 2.47 bits per heavy atom. The number of aliphatic carboxylic acids is 1. The van der Waals surface area contributed by atoms with Gasteiger partial charge in [0.25, 0.3) is 0 Å². The molecular formula is C7H13Cl2N3O2S. The van der Waals surface area contributed by atoms with Crippen molar-refractivity contribution in [3.05, 3.63) is 10.7 Å². The molecule has 0 aliphatic carbocycles. The molecule has 5 N–H and O–H groups in total. The van der Waals surface area contributed by atoms with E-state index in [0.717, 1.165) is 5.01 Å². The van der Waals surface area contributed by atoms with E-state index in [1.807, 2.05) is 6.92 Å². The predicted octanol–water partition coefficient (Wildman–Crippen LogP) is 0.832. The lowest BCUT2D eigenvalue weighted by Gasteiger charge is -2.03.